The van der Waals surface area contributed by atoms with Crippen molar-refractivity contribution in [3.63, 3.8) is 0 Å². The molecule has 1 saturated heterocycles. The van der Waals surface area contributed by atoms with Crippen molar-refractivity contribution in [2.45, 2.75) is 24.0 Å². The molecule has 9 heteroatoms. The number of hydrogen-bond donors (Lipinski definition) is 3. The van der Waals surface area contributed by atoms with E-state index in [0.29, 0.717) is 5.84 Å². The van der Waals surface area contributed by atoms with Crippen molar-refractivity contribution in [2.75, 3.05) is 27.3 Å². The molecule has 2 aliphatic heterocycles. The Morgan fingerprint density at radius 3 is 3.00 bits per heavy atom. The molecule has 0 bridgehead atoms. The molecule has 8 nitrogen and oxygen atoms in total. The van der Waals surface area contributed by atoms with Crippen LogP contribution in [0.5, 0.6) is 0 Å². The first-order valence-electron chi connectivity index (χ1n) is 6.49. The van der Waals surface area contributed by atoms with Gasteiger partial charge in [0.1, 0.15) is 24.7 Å². The Bertz CT molecular complexity index is 472. The van der Waals surface area contributed by atoms with Crippen LogP contribution in [0.1, 0.15) is 0 Å². The number of hydrogen-bond acceptors (Lipinski definition) is 7. The molecule has 0 aliphatic carbocycles. The molecule has 0 amide bonds. The van der Waals surface area contributed by atoms with Gasteiger partial charge in [0, 0.05) is 20.3 Å². The fraction of sp³-hybridized carbons (Fsp3) is 0.667. The maximum atomic E-state index is 14.4. The molecule has 4 N–H and O–H groups in total. The van der Waals surface area contributed by atoms with Crippen molar-refractivity contribution in [2.24, 2.45) is 15.8 Å². The van der Waals surface area contributed by atoms with Gasteiger partial charge in [-0.05, 0) is 6.08 Å². The minimum Gasteiger partial charge on any atom is -0.394 e. The average Bonchev–Trinajstić information content (AvgIpc) is 2.74. The molecule has 0 aromatic rings. The van der Waals surface area contributed by atoms with Crippen LogP contribution in [0.3, 0.4) is 0 Å². The molecule has 118 valence electrons. The zero-order valence-electron chi connectivity index (χ0n) is 11.9. The Morgan fingerprint density at radius 2 is 2.38 bits per heavy atom. The smallest absolute Gasteiger partial charge is 0.182 e. The quantitative estimate of drug-likeness (QED) is 0.583. The van der Waals surface area contributed by atoms with Crippen LogP contribution in [0.25, 0.3) is 0 Å². The summed E-state index contributed by atoms with van der Waals surface area (Å²) < 4.78 is 19.4. The highest BCUT2D eigenvalue weighted by atomic mass is 19.1. The molecule has 0 spiro atoms. The summed E-state index contributed by atoms with van der Waals surface area (Å²) in [5.41, 5.74) is 3.86. The number of aliphatic hydroxyl groups excluding tert-OH is 2. The first kappa shape index (κ1) is 15.8. The van der Waals surface area contributed by atoms with Gasteiger partial charge in [0.05, 0.1) is 13.2 Å². The number of aliphatic imine (C=N–C) groups is 1. The SMILES string of the molecule is CN1N=CN(C)C(N)C1=N/C=C/[C@@]1(F)CO[C@H](CO)[C@H]1O. The second-order valence-corrected chi connectivity index (χ2v) is 5.07. The largest absolute Gasteiger partial charge is 0.394 e. The average molecular weight is 301 g/mol. The topological polar surface area (TPSA) is 107 Å². The molecule has 21 heavy (non-hydrogen) atoms. The molecule has 0 radical (unpaired) electrons. The van der Waals surface area contributed by atoms with E-state index < -0.39 is 30.6 Å². The molecule has 4 atom stereocenters. The molecule has 1 unspecified atom stereocenters. The van der Waals surface area contributed by atoms with Gasteiger partial charge >= 0.3 is 0 Å². The monoisotopic (exact) mass is 301 g/mol. The number of nitrogens with zero attached hydrogens (tertiary/aromatic N) is 4. The molecule has 0 aromatic heterocycles. The molecular formula is C12H20FN5O3. The lowest BCUT2D eigenvalue weighted by molar-refractivity contribution is -0.00553. The number of aliphatic hydroxyl groups is 2. The van der Waals surface area contributed by atoms with E-state index >= 15 is 0 Å². The number of ether oxygens (including phenoxy) is 1. The van der Waals surface area contributed by atoms with Crippen molar-refractivity contribution in [1.82, 2.24) is 9.91 Å². The molecule has 0 aromatic carbocycles. The third-order valence-electron chi connectivity index (χ3n) is 3.54. The van der Waals surface area contributed by atoms with Gasteiger partial charge in [0.15, 0.2) is 11.5 Å². The van der Waals surface area contributed by atoms with Crippen molar-refractivity contribution < 1.29 is 19.3 Å². The Morgan fingerprint density at radius 1 is 1.67 bits per heavy atom. The number of alkyl halides is 1. The first-order chi connectivity index (χ1) is 9.89. The van der Waals surface area contributed by atoms with E-state index in [4.69, 9.17) is 15.6 Å². The number of likely N-dealkylation sites (N-methyl/N-ethyl adjacent to an activating group) is 2. The summed E-state index contributed by atoms with van der Waals surface area (Å²) in [6.45, 7) is -0.775. The Labute approximate surface area is 122 Å². The molecule has 2 aliphatic rings. The van der Waals surface area contributed by atoms with Gasteiger partial charge < -0.3 is 25.6 Å². The number of nitrogens with two attached hydrogens (primary N) is 1. The van der Waals surface area contributed by atoms with Crippen LogP contribution < -0.4 is 5.73 Å². The van der Waals surface area contributed by atoms with E-state index in [9.17, 15) is 9.50 Å². The Kier molecular flexibility index (Phi) is 4.57. The summed E-state index contributed by atoms with van der Waals surface area (Å²) in [6.07, 6.45) is 1.04. The predicted molar refractivity (Wildman–Crippen MR) is 75.2 cm³/mol. The van der Waals surface area contributed by atoms with Crippen LogP contribution in [0, 0.1) is 0 Å². The van der Waals surface area contributed by atoms with Crippen molar-refractivity contribution >= 4 is 12.2 Å². The lowest BCUT2D eigenvalue weighted by Gasteiger charge is -2.31. The molecule has 1 fully saturated rings. The Balaban J connectivity index is 2.11. The van der Waals surface area contributed by atoms with Crippen LogP contribution in [0.15, 0.2) is 22.4 Å². The highest BCUT2D eigenvalue weighted by Gasteiger charge is 2.47. The summed E-state index contributed by atoms with van der Waals surface area (Å²) in [6, 6.07) is 0. The van der Waals surface area contributed by atoms with E-state index in [-0.39, 0.29) is 6.61 Å². The molecule has 2 rings (SSSR count). The lowest BCUT2D eigenvalue weighted by atomic mass is 9.99. The van der Waals surface area contributed by atoms with Gasteiger partial charge in [-0.3, -0.25) is 5.01 Å². The Hall–Kier alpha value is -1.55. The van der Waals surface area contributed by atoms with E-state index in [2.05, 4.69) is 10.1 Å². The molecule has 2 heterocycles. The van der Waals surface area contributed by atoms with Crippen LogP contribution in [0.4, 0.5) is 4.39 Å². The summed E-state index contributed by atoms with van der Waals surface area (Å²) >= 11 is 0. The zero-order chi connectivity index (χ0) is 15.6. The van der Waals surface area contributed by atoms with Gasteiger partial charge in [-0.15, -0.1) is 0 Å². The number of rotatable bonds is 3. The fourth-order valence-electron chi connectivity index (χ4n) is 2.08. The summed E-state index contributed by atoms with van der Waals surface area (Å²) in [7, 11) is 3.42. The molecular weight excluding hydrogens is 281 g/mol. The second kappa shape index (κ2) is 6.06. The van der Waals surface area contributed by atoms with Crippen LogP contribution in [-0.2, 0) is 4.74 Å². The van der Waals surface area contributed by atoms with Gasteiger partial charge in [0.25, 0.3) is 0 Å². The van der Waals surface area contributed by atoms with Crippen molar-refractivity contribution in [1.29, 1.82) is 0 Å². The lowest BCUT2D eigenvalue weighted by Crippen LogP contribution is -2.53. The standard InChI is InChI=1S/C12H20FN5O3/c1-17-7-16-18(2)11(10(17)14)15-4-3-12(13)6-21-8(5-19)9(12)20/h3-4,7-10,19-20H,5-6,14H2,1-2H3/b4-3+,15-11?/t8-,9-,10?,12-/m1/s1. The first-order valence-corrected chi connectivity index (χ1v) is 6.49. The van der Waals surface area contributed by atoms with Gasteiger partial charge in [-0.25, -0.2) is 9.38 Å². The van der Waals surface area contributed by atoms with Crippen LogP contribution in [-0.4, -0.2) is 83.6 Å². The minimum absolute atomic E-state index is 0.333. The minimum atomic E-state index is -2.08. The van der Waals surface area contributed by atoms with E-state index in [1.165, 1.54) is 11.2 Å². The fourth-order valence-corrected chi connectivity index (χ4v) is 2.08. The third-order valence-corrected chi connectivity index (χ3v) is 3.54. The summed E-state index contributed by atoms with van der Waals surface area (Å²) in [5, 5.41) is 24.2. The maximum absolute atomic E-state index is 14.4. The molecule has 0 saturated carbocycles. The van der Waals surface area contributed by atoms with Crippen molar-refractivity contribution in [3.8, 4) is 0 Å². The van der Waals surface area contributed by atoms with Gasteiger partial charge in [0.2, 0.25) is 0 Å². The van der Waals surface area contributed by atoms with Gasteiger partial charge in [-0.2, -0.15) is 5.10 Å². The maximum Gasteiger partial charge on any atom is 0.182 e. The third kappa shape index (κ3) is 3.05. The number of halogens is 1. The van der Waals surface area contributed by atoms with Crippen LogP contribution in [0.2, 0.25) is 0 Å². The van der Waals surface area contributed by atoms with Gasteiger partial charge in [-0.1, -0.05) is 0 Å². The van der Waals surface area contributed by atoms with E-state index in [0.717, 1.165) is 6.08 Å². The summed E-state index contributed by atoms with van der Waals surface area (Å²) in [5.74, 6) is 0.437. The zero-order valence-corrected chi connectivity index (χ0v) is 11.9. The highest BCUT2D eigenvalue weighted by Crippen LogP contribution is 2.30. The van der Waals surface area contributed by atoms with E-state index in [1.807, 2.05) is 0 Å². The van der Waals surface area contributed by atoms with Crippen LogP contribution >= 0.6 is 0 Å². The highest BCUT2D eigenvalue weighted by molar-refractivity contribution is 5.90. The predicted octanol–water partition coefficient (Wildman–Crippen LogP) is -1.54. The second-order valence-electron chi connectivity index (χ2n) is 5.07. The van der Waals surface area contributed by atoms with E-state index in [1.54, 1.807) is 25.3 Å². The summed E-state index contributed by atoms with van der Waals surface area (Å²) in [4.78, 5) is 5.76. The van der Waals surface area contributed by atoms with Crippen molar-refractivity contribution in [3.05, 3.63) is 12.3 Å². The normalized spacial score (nSPS) is 39.0. The number of hydrazone groups is 1. The number of amidine groups is 1.